The molecule has 0 radical (unpaired) electrons. The van der Waals surface area contributed by atoms with Crippen molar-refractivity contribution in [1.82, 2.24) is 0 Å². The molecule has 0 saturated heterocycles. The van der Waals surface area contributed by atoms with Crippen LogP contribution in [-0.2, 0) is 0 Å². The quantitative estimate of drug-likeness (QED) is 0.603. The van der Waals surface area contributed by atoms with E-state index in [0.29, 0.717) is 17.0 Å². The van der Waals surface area contributed by atoms with E-state index in [4.69, 9.17) is 16.3 Å². The van der Waals surface area contributed by atoms with E-state index in [-0.39, 0.29) is 17.0 Å². The van der Waals surface area contributed by atoms with Crippen LogP contribution in [0, 0.1) is 0 Å². The molecule has 0 fully saturated rings. The van der Waals surface area contributed by atoms with Crippen molar-refractivity contribution in [2.45, 2.75) is 11.7 Å². The standard InChI is InChI=1S/C17H17ClO3S/c1-21-15-8-4-12(5-9-15)16(20)10-17(22-11-19)13-2-6-14(18)7-3-13/h2-9,17,19H,10-11H2,1H3. The average Bonchev–Trinajstić information content (AvgIpc) is 2.55. The van der Waals surface area contributed by atoms with E-state index in [2.05, 4.69) is 0 Å². The molecule has 2 aromatic rings. The Hall–Kier alpha value is -1.49. The molecule has 3 nitrogen and oxygen atoms in total. The maximum absolute atomic E-state index is 12.4. The van der Waals surface area contributed by atoms with Crippen LogP contribution in [0.4, 0.5) is 0 Å². The van der Waals surface area contributed by atoms with Gasteiger partial charge >= 0.3 is 0 Å². The van der Waals surface area contributed by atoms with Gasteiger partial charge in [-0.05, 0) is 42.0 Å². The highest BCUT2D eigenvalue weighted by atomic mass is 35.5. The SMILES string of the molecule is COc1ccc(C(=O)CC(SCO)c2ccc(Cl)cc2)cc1. The first-order valence-corrected chi connectivity index (χ1v) is 8.22. The zero-order valence-corrected chi connectivity index (χ0v) is 13.7. The van der Waals surface area contributed by atoms with E-state index in [1.165, 1.54) is 11.8 Å². The zero-order valence-electron chi connectivity index (χ0n) is 12.2. The van der Waals surface area contributed by atoms with Crippen LogP contribution in [-0.4, -0.2) is 23.9 Å². The maximum Gasteiger partial charge on any atom is 0.164 e. The van der Waals surface area contributed by atoms with E-state index in [1.54, 1.807) is 43.5 Å². The minimum atomic E-state index is -0.100. The number of methoxy groups -OCH3 is 1. The number of carbonyl (C=O) groups is 1. The molecule has 2 aromatic carbocycles. The third-order valence-corrected chi connectivity index (χ3v) is 4.54. The minimum Gasteiger partial charge on any atom is -0.497 e. The number of aliphatic hydroxyl groups is 1. The Morgan fingerprint density at radius 3 is 2.36 bits per heavy atom. The topological polar surface area (TPSA) is 46.5 Å². The van der Waals surface area contributed by atoms with Crippen LogP contribution in [0.5, 0.6) is 5.75 Å². The number of hydrogen-bond donors (Lipinski definition) is 1. The number of aliphatic hydroxyl groups excluding tert-OH is 1. The van der Waals surface area contributed by atoms with Crippen molar-refractivity contribution in [3.05, 3.63) is 64.7 Å². The van der Waals surface area contributed by atoms with Crippen molar-refractivity contribution in [3.8, 4) is 5.75 Å². The van der Waals surface area contributed by atoms with Gasteiger partial charge in [0.25, 0.3) is 0 Å². The first-order valence-electron chi connectivity index (χ1n) is 6.79. The lowest BCUT2D eigenvalue weighted by Crippen LogP contribution is -2.06. The van der Waals surface area contributed by atoms with Gasteiger partial charge in [0.1, 0.15) is 5.75 Å². The normalized spacial score (nSPS) is 12.0. The van der Waals surface area contributed by atoms with Gasteiger partial charge in [0.15, 0.2) is 5.78 Å². The molecule has 0 aliphatic rings. The molecule has 22 heavy (non-hydrogen) atoms. The first-order chi connectivity index (χ1) is 10.6. The predicted molar refractivity (Wildman–Crippen MR) is 90.8 cm³/mol. The van der Waals surface area contributed by atoms with Gasteiger partial charge in [0.2, 0.25) is 0 Å². The monoisotopic (exact) mass is 336 g/mol. The molecule has 2 rings (SSSR count). The Morgan fingerprint density at radius 1 is 1.18 bits per heavy atom. The molecule has 1 unspecified atom stereocenters. The van der Waals surface area contributed by atoms with Crippen LogP contribution in [0.25, 0.3) is 0 Å². The fourth-order valence-electron chi connectivity index (χ4n) is 2.10. The molecule has 0 aliphatic carbocycles. The van der Waals surface area contributed by atoms with Crippen molar-refractivity contribution in [2.24, 2.45) is 0 Å². The Labute approximate surface area is 139 Å². The van der Waals surface area contributed by atoms with Gasteiger partial charge in [-0.2, -0.15) is 0 Å². The summed E-state index contributed by atoms with van der Waals surface area (Å²) in [5.74, 6) is 0.711. The third kappa shape index (κ3) is 4.50. The fraction of sp³-hybridized carbons (Fsp3) is 0.235. The number of rotatable bonds is 7. The summed E-state index contributed by atoms with van der Waals surface area (Å²) in [6, 6.07) is 14.4. The van der Waals surface area contributed by atoms with Crippen LogP contribution >= 0.6 is 23.4 Å². The Balaban J connectivity index is 2.12. The number of carbonyl (C=O) groups excluding carboxylic acids is 1. The third-order valence-electron chi connectivity index (χ3n) is 3.30. The van der Waals surface area contributed by atoms with Crippen LogP contribution in [0.2, 0.25) is 5.02 Å². The van der Waals surface area contributed by atoms with Gasteiger partial charge in [0.05, 0.1) is 13.0 Å². The molecule has 0 aromatic heterocycles. The molecule has 0 amide bonds. The molecule has 116 valence electrons. The van der Waals surface area contributed by atoms with E-state index >= 15 is 0 Å². The number of halogens is 1. The highest BCUT2D eigenvalue weighted by Crippen LogP contribution is 2.33. The summed E-state index contributed by atoms with van der Waals surface area (Å²) in [6.07, 6.45) is 0.319. The summed E-state index contributed by atoms with van der Waals surface area (Å²) >= 11 is 7.22. The predicted octanol–water partition coefficient (Wildman–Crippen LogP) is 4.35. The smallest absolute Gasteiger partial charge is 0.164 e. The lowest BCUT2D eigenvalue weighted by Gasteiger charge is -2.15. The highest BCUT2D eigenvalue weighted by molar-refractivity contribution is 7.99. The molecule has 1 N–H and O–H groups in total. The van der Waals surface area contributed by atoms with Crippen LogP contribution in [0.1, 0.15) is 27.6 Å². The lowest BCUT2D eigenvalue weighted by molar-refractivity contribution is 0.0982. The summed E-state index contributed by atoms with van der Waals surface area (Å²) in [5, 5.41) is 9.76. The number of ether oxygens (including phenoxy) is 1. The fourth-order valence-corrected chi connectivity index (χ4v) is 3.03. The second kappa shape index (κ2) is 8.22. The number of thioether (sulfide) groups is 1. The largest absolute Gasteiger partial charge is 0.497 e. The number of Topliss-reactive ketones (excluding diaryl/α,β-unsaturated/α-hetero) is 1. The summed E-state index contributed by atoms with van der Waals surface area (Å²) in [7, 11) is 1.59. The van der Waals surface area contributed by atoms with Crippen molar-refractivity contribution in [2.75, 3.05) is 13.0 Å². The number of hydrogen-bond acceptors (Lipinski definition) is 4. The van der Waals surface area contributed by atoms with Gasteiger partial charge in [-0.15, -0.1) is 11.8 Å². The molecule has 0 bridgehead atoms. The Kier molecular flexibility index (Phi) is 6.31. The minimum absolute atomic E-state index is 0.0311. The van der Waals surface area contributed by atoms with Gasteiger partial charge in [-0.3, -0.25) is 4.79 Å². The molecule has 0 spiro atoms. The van der Waals surface area contributed by atoms with Crippen molar-refractivity contribution in [3.63, 3.8) is 0 Å². The van der Waals surface area contributed by atoms with Gasteiger partial charge in [-0.1, -0.05) is 23.7 Å². The van der Waals surface area contributed by atoms with Gasteiger partial charge < -0.3 is 9.84 Å². The molecular weight excluding hydrogens is 320 g/mol. The van der Waals surface area contributed by atoms with Crippen LogP contribution < -0.4 is 4.74 Å². The summed E-state index contributed by atoms with van der Waals surface area (Å²) in [6.45, 7) is 0. The second-order valence-corrected chi connectivity index (χ2v) is 6.29. The van der Waals surface area contributed by atoms with E-state index in [9.17, 15) is 9.90 Å². The van der Waals surface area contributed by atoms with Crippen molar-refractivity contribution >= 4 is 29.1 Å². The number of benzene rings is 2. The molecule has 5 heteroatoms. The van der Waals surface area contributed by atoms with Crippen molar-refractivity contribution < 1.29 is 14.6 Å². The van der Waals surface area contributed by atoms with Gasteiger partial charge in [-0.25, -0.2) is 0 Å². The van der Waals surface area contributed by atoms with E-state index < -0.39 is 0 Å². The summed E-state index contributed by atoms with van der Waals surface area (Å²) in [5.41, 5.74) is 1.61. The maximum atomic E-state index is 12.4. The van der Waals surface area contributed by atoms with Crippen molar-refractivity contribution in [1.29, 1.82) is 0 Å². The van der Waals surface area contributed by atoms with Crippen LogP contribution in [0.15, 0.2) is 48.5 Å². The molecule has 0 aliphatic heterocycles. The number of ketones is 1. The zero-order chi connectivity index (χ0) is 15.9. The average molecular weight is 337 g/mol. The lowest BCUT2D eigenvalue weighted by atomic mass is 10.0. The summed E-state index contributed by atoms with van der Waals surface area (Å²) < 4.78 is 5.09. The first kappa shape index (κ1) is 16.9. The Morgan fingerprint density at radius 2 is 1.82 bits per heavy atom. The second-order valence-electron chi connectivity index (χ2n) is 4.69. The molecule has 1 atom stereocenters. The molecule has 0 heterocycles. The van der Waals surface area contributed by atoms with E-state index in [1.807, 2.05) is 12.1 Å². The van der Waals surface area contributed by atoms with E-state index in [0.717, 1.165) is 11.3 Å². The van der Waals surface area contributed by atoms with Crippen LogP contribution in [0.3, 0.4) is 0 Å². The summed E-state index contributed by atoms with van der Waals surface area (Å²) in [4.78, 5) is 12.4. The molecule has 0 saturated carbocycles. The highest BCUT2D eigenvalue weighted by Gasteiger charge is 2.17. The molecular formula is C17H17ClO3S. The Bertz CT molecular complexity index is 611. The van der Waals surface area contributed by atoms with Gasteiger partial charge in [0, 0.05) is 22.3 Å².